The molecule has 158 valence electrons. The van der Waals surface area contributed by atoms with Gasteiger partial charge in [-0.25, -0.2) is 8.78 Å². The molecule has 0 spiro atoms. The number of aromatic nitrogens is 2. The average Bonchev–Trinajstić information content (AvgIpc) is 2.68. The van der Waals surface area contributed by atoms with Crippen LogP contribution in [-0.2, 0) is 4.79 Å². The highest BCUT2D eigenvalue weighted by atomic mass is 127. The molecule has 10 heteroatoms. The molecule has 3 atom stereocenters. The first kappa shape index (κ1) is 21.1. The van der Waals surface area contributed by atoms with Crippen LogP contribution in [0.5, 0.6) is 0 Å². The number of carbonyl (C=O) groups is 1. The Labute approximate surface area is 186 Å². The molecule has 7 nitrogen and oxygen atoms in total. The fourth-order valence-electron chi connectivity index (χ4n) is 3.94. The SMILES string of the molecule is CC(C(=O)NC1CC(F)(F)CN(c2ccc(C#N)c3nccnc23)C1I)N1CCC1. The number of fused-ring (bicyclic) bond motifs is 1. The summed E-state index contributed by atoms with van der Waals surface area (Å²) in [4.78, 5) is 24.8. The number of hydrogen-bond donors (Lipinski definition) is 1. The fraction of sp³-hybridized carbons (Fsp3) is 0.500. The number of nitrogens with zero attached hydrogens (tertiary/aromatic N) is 5. The lowest BCUT2D eigenvalue weighted by atomic mass is 9.99. The maximum absolute atomic E-state index is 14.7. The molecule has 4 rings (SSSR count). The van der Waals surface area contributed by atoms with Crippen molar-refractivity contribution in [1.82, 2.24) is 20.2 Å². The number of alkyl halides is 3. The summed E-state index contributed by atoms with van der Waals surface area (Å²) in [6, 6.07) is 4.20. The summed E-state index contributed by atoms with van der Waals surface area (Å²) in [6.45, 7) is 3.02. The Hall–Kier alpha value is -2.13. The largest absolute Gasteiger partial charge is 0.350 e. The quantitative estimate of drug-likeness (QED) is 0.375. The lowest BCUT2D eigenvalue weighted by Gasteiger charge is -2.44. The van der Waals surface area contributed by atoms with Gasteiger partial charge in [-0.1, -0.05) is 22.6 Å². The van der Waals surface area contributed by atoms with Crippen LogP contribution in [0.25, 0.3) is 11.0 Å². The van der Waals surface area contributed by atoms with Gasteiger partial charge in [-0.15, -0.1) is 0 Å². The van der Waals surface area contributed by atoms with Crippen molar-refractivity contribution in [3.8, 4) is 6.07 Å². The average molecular weight is 526 g/mol. The highest BCUT2D eigenvalue weighted by Gasteiger charge is 2.46. The molecule has 3 heterocycles. The van der Waals surface area contributed by atoms with Crippen molar-refractivity contribution in [2.45, 2.75) is 41.8 Å². The molecule has 0 bridgehead atoms. The lowest BCUT2D eigenvalue weighted by Crippen LogP contribution is -2.61. The second kappa shape index (κ2) is 8.19. The van der Waals surface area contributed by atoms with Crippen LogP contribution in [0, 0.1) is 11.3 Å². The van der Waals surface area contributed by atoms with Gasteiger partial charge in [-0.2, -0.15) is 5.26 Å². The molecular formula is C20H21F2IN6O. The van der Waals surface area contributed by atoms with E-state index in [4.69, 9.17) is 0 Å². The van der Waals surface area contributed by atoms with Crippen LogP contribution in [0.3, 0.4) is 0 Å². The van der Waals surface area contributed by atoms with Crippen LogP contribution in [0.4, 0.5) is 14.5 Å². The van der Waals surface area contributed by atoms with Crippen LogP contribution in [0.1, 0.15) is 25.3 Å². The smallest absolute Gasteiger partial charge is 0.267 e. The van der Waals surface area contributed by atoms with Crippen molar-refractivity contribution in [3.63, 3.8) is 0 Å². The van der Waals surface area contributed by atoms with E-state index in [0.29, 0.717) is 22.3 Å². The number of rotatable bonds is 4. The van der Waals surface area contributed by atoms with Gasteiger partial charge in [0, 0.05) is 31.9 Å². The predicted molar refractivity (Wildman–Crippen MR) is 117 cm³/mol. The van der Waals surface area contributed by atoms with Crippen molar-refractivity contribution in [2.24, 2.45) is 0 Å². The van der Waals surface area contributed by atoms with E-state index < -0.39 is 29.0 Å². The predicted octanol–water partition coefficient (Wildman–Crippen LogP) is 2.69. The van der Waals surface area contributed by atoms with E-state index in [2.05, 4.69) is 43.9 Å². The Kier molecular flexibility index (Phi) is 5.76. The number of hydrogen-bond acceptors (Lipinski definition) is 6. The van der Waals surface area contributed by atoms with Crippen LogP contribution >= 0.6 is 22.6 Å². The molecule has 1 aromatic carbocycles. The third-order valence-electron chi connectivity index (χ3n) is 5.73. The van der Waals surface area contributed by atoms with Gasteiger partial charge in [0.25, 0.3) is 5.92 Å². The van der Waals surface area contributed by atoms with E-state index in [0.717, 1.165) is 19.5 Å². The monoisotopic (exact) mass is 526 g/mol. The molecule has 1 amide bonds. The summed E-state index contributed by atoms with van der Waals surface area (Å²) in [7, 11) is 0. The highest BCUT2D eigenvalue weighted by Crippen LogP contribution is 2.39. The first-order chi connectivity index (χ1) is 14.3. The zero-order valence-electron chi connectivity index (χ0n) is 16.4. The van der Waals surface area contributed by atoms with E-state index in [9.17, 15) is 18.8 Å². The number of benzene rings is 1. The molecule has 2 aromatic rings. The van der Waals surface area contributed by atoms with E-state index >= 15 is 0 Å². The number of anilines is 1. The van der Waals surface area contributed by atoms with Crippen molar-refractivity contribution in [2.75, 3.05) is 24.5 Å². The summed E-state index contributed by atoms with van der Waals surface area (Å²) in [5.74, 6) is -3.22. The summed E-state index contributed by atoms with van der Waals surface area (Å²) >= 11 is 2.10. The van der Waals surface area contributed by atoms with Crippen molar-refractivity contribution in [1.29, 1.82) is 5.26 Å². The summed E-state index contributed by atoms with van der Waals surface area (Å²) < 4.78 is 29.0. The molecule has 2 aliphatic rings. The molecule has 0 aliphatic carbocycles. The van der Waals surface area contributed by atoms with Gasteiger partial charge in [0.15, 0.2) is 0 Å². The highest BCUT2D eigenvalue weighted by molar-refractivity contribution is 14.1. The van der Waals surface area contributed by atoms with Crippen LogP contribution in [-0.4, -0.2) is 62.5 Å². The molecule has 0 saturated carbocycles. The van der Waals surface area contributed by atoms with Gasteiger partial charge in [0.05, 0.1) is 29.9 Å². The Morgan fingerprint density at radius 1 is 1.33 bits per heavy atom. The number of halogens is 3. The third-order valence-corrected chi connectivity index (χ3v) is 7.27. The van der Waals surface area contributed by atoms with E-state index in [-0.39, 0.29) is 11.9 Å². The Balaban J connectivity index is 1.64. The maximum atomic E-state index is 14.7. The van der Waals surface area contributed by atoms with Crippen molar-refractivity contribution < 1.29 is 13.6 Å². The number of nitrogens with one attached hydrogen (secondary N) is 1. The van der Waals surface area contributed by atoms with Crippen LogP contribution < -0.4 is 10.2 Å². The topological polar surface area (TPSA) is 85.2 Å². The number of nitriles is 1. The Morgan fingerprint density at radius 2 is 2.03 bits per heavy atom. The first-order valence-electron chi connectivity index (χ1n) is 9.77. The molecule has 0 radical (unpaired) electrons. The Bertz CT molecular complexity index is 1010. The molecule has 3 unspecified atom stereocenters. The zero-order valence-corrected chi connectivity index (χ0v) is 18.5. The Morgan fingerprint density at radius 3 is 2.67 bits per heavy atom. The van der Waals surface area contributed by atoms with Gasteiger partial charge in [-0.05, 0) is 25.5 Å². The fourth-order valence-corrected chi connectivity index (χ4v) is 4.87. The first-order valence-corrected chi connectivity index (χ1v) is 11.0. The summed E-state index contributed by atoms with van der Waals surface area (Å²) in [5.41, 5.74) is 1.59. The second-order valence-corrected chi connectivity index (χ2v) is 9.02. The summed E-state index contributed by atoms with van der Waals surface area (Å²) in [6.07, 6.45) is 3.58. The number of carbonyl (C=O) groups excluding carboxylic acids is 1. The van der Waals surface area contributed by atoms with Crippen molar-refractivity contribution in [3.05, 3.63) is 30.1 Å². The van der Waals surface area contributed by atoms with Gasteiger partial charge in [-0.3, -0.25) is 19.7 Å². The van der Waals surface area contributed by atoms with Gasteiger partial charge in [0.1, 0.15) is 21.2 Å². The van der Waals surface area contributed by atoms with Gasteiger partial charge < -0.3 is 10.2 Å². The summed E-state index contributed by atoms with van der Waals surface area (Å²) in [5, 5.41) is 12.2. The normalized spacial score (nSPS) is 24.7. The minimum atomic E-state index is -2.98. The number of likely N-dealkylation sites (tertiary alicyclic amines) is 1. The minimum Gasteiger partial charge on any atom is -0.350 e. The molecule has 30 heavy (non-hydrogen) atoms. The van der Waals surface area contributed by atoms with E-state index in [1.54, 1.807) is 24.0 Å². The molecule has 2 saturated heterocycles. The molecule has 2 aliphatic heterocycles. The van der Waals surface area contributed by atoms with E-state index in [1.165, 1.54) is 12.4 Å². The number of piperidine rings is 1. The minimum absolute atomic E-state index is 0.233. The molecule has 2 fully saturated rings. The molecular weight excluding hydrogens is 505 g/mol. The molecule has 1 aromatic heterocycles. The van der Waals surface area contributed by atoms with Crippen LogP contribution in [0.15, 0.2) is 24.5 Å². The maximum Gasteiger partial charge on any atom is 0.267 e. The standard InChI is InChI=1S/C20H21F2IN6O/c1-12(28-7-2-8-28)19(30)27-14-9-20(21,22)11-29(18(14)23)15-4-3-13(10-24)16-17(15)26-6-5-25-16/h3-6,12,14,18H,2,7-9,11H2,1H3,(H,27,30). The van der Waals surface area contributed by atoms with E-state index in [1.807, 2.05) is 4.90 Å². The zero-order chi connectivity index (χ0) is 21.5. The second-order valence-electron chi connectivity index (χ2n) is 7.74. The molecule has 1 N–H and O–H groups in total. The van der Waals surface area contributed by atoms with Crippen LogP contribution in [0.2, 0.25) is 0 Å². The van der Waals surface area contributed by atoms with Crippen molar-refractivity contribution >= 4 is 45.2 Å². The number of amides is 1. The lowest BCUT2D eigenvalue weighted by molar-refractivity contribution is -0.128. The van der Waals surface area contributed by atoms with Gasteiger partial charge in [0.2, 0.25) is 5.91 Å². The third kappa shape index (κ3) is 3.92. The van der Waals surface area contributed by atoms with Gasteiger partial charge >= 0.3 is 0 Å².